The van der Waals surface area contributed by atoms with Crippen molar-refractivity contribution in [2.45, 2.75) is 54.1 Å². The molecule has 74 valence electrons. The first-order valence-electron chi connectivity index (χ1n) is 5.04. The molecule has 12 heavy (non-hydrogen) atoms. The Morgan fingerprint density at radius 1 is 1.17 bits per heavy atom. The molecule has 2 unspecified atom stereocenters. The van der Waals surface area contributed by atoms with Crippen LogP contribution in [-0.2, 0) is 0 Å². The van der Waals surface area contributed by atoms with Crippen LogP contribution in [0.5, 0.6) is 0 Å². The van der Waals surface area contributed by atoms with Crippen LogP contribution in [0.1, 0.15) is 48.0 Å². The summed E-state index contributed by atoms with van der Waals surface area (Å²) in [6.07, 6.45) is 0.867. The highest BCUT2D eigenvalue weighted by molar-refractivity contribution is 4.85. The Balaban J connectivity index is 4.51. The van der Waals surface area contributed by atoms with Gasteiger partial charge >= 0.3 is 0 Å². The van der Waals surface area contributed by atoms with Crippen molar-refractivity contribution in [1.82, 2.24) is 0 Å². The summed E-state index contributed by atoms with van der Waals surface area (Å²) in [5, 5.41) is 10.0. The number of aliphatic hydroxyl groups is 1. The highest BCUT2D eigenvalue weighted by atomic mass is 16.3. The van der Waals surface area contributed by atoms with Crippen LogP contribution in [0.3, 0.4) is 0 Å². The predicted molar refractivity (Wildman–Crippen MR) is 54.1 cm³/mol. The van der Waals surface area contributed by atoms with Crippen molar-refractivity contribution in [3.63, 3.8) is 0 Å². The van der Waals surface area contributed by atoms with E-state index < -0.39 is 0 Å². The fraction of sp³-hybridized carbons (Fsp3) is 1.00. The third-order valence-corrected chi connectivity index (χ3v) is 3.39. The van der Waals surface area contributed by atoms with Gasteiger partial charge in [-0.05, 0) is 23.7 Å². The Kier molecular flexibility index (Phi) is 4.25. The molecule has 0 radical (unpaired) electrons. The smallest absolute Gasteiger partial charge is 0.0618 e. The van der Waals surface area contributed by atoms with Gasteiger partial charge in [0.25, 0.3) is 0 Å². The molecule has 2 atom stereocenters. The molecule has 0 fully saturated rings. The van der Waals surface area contributed by atoms with Gasteiger partial charge in [0.15, 0.2) is 0 Å². The zero-order valence-electron chi connectivity index (χ0n) is 9.39. The van der Waals surface area contributed by atoms with E-state index in [0.717, 1.165) is 6.42 Å². The van der Waals surface area contributed by atoms with Crippen molar-refractivity contribution in [3.8, 4) is 0 Å². The Hall–Kier alpha value is -0.0400. The summed E-state index contributed by atoms with van der Waals surface area (Å²) in [6, 6.07) is 0. The van der Waals surface area contributed by atoms with E-state index in [1.54, 1.807) is 0 Å². The van der Waals surface area contributed by atoms with Crippen LogP contribution in [-0.4, -0.2) is 11.2 Å². The van der Waals surface area contributed by atoms with Gasteiger partial charge in [-0.3, -0.25) is 0 Å². The molecule has 0 aliphatic rings. The first kappa shape index (κ1) is 12.0. The lowest BCUT2D eigenvalue weighted by molar-refractivity contribution is -0.0299. The van der Waals surface area contributed by atoms with Gasteiger partial charge in [0.05, 0.1) is 6.10 Å². The maximum Gasteiger partial charge on any atom is 0.0618 e. The lowest BCUT2D eigenvalue weighted by Gasteiger charge is -2.39. The molecular weight excluding hydrogens is 148 g/mol. The van der Waals surface area contributed by atoms with E-state index in [4.69, 9.17) is 0 Å². The van der Waals surface area contributed by atoms with E-state index in [-0.39, 0.29) is 11.5 Å². The van der Waals surface area contributed by atoms with Crippen molar-refractivity contribution < 1.29 is 5.11 Å². The minimum Gasteiger partial charge on any atom is -0.392 e. The van der Waals surface area contributed by atoms with E-state index in [9.17, 15) is 5.11 Å². The van der Waals surface area contributed by atoms with E-state index in [2.05, 4.69) is 41.5 Å². The quantitative estimate of drug-likeness (QED) is 0.691. The summed E-state index contributed by atoms with van der Waals surface area (Å²) in [5.74, 6) is 0.900. The van der Waals surface area contributed by atoms with Crippen molar-refractivity contribution >= 4 is 0 Å². The monoisotopic (exact) mass is 172 g/mol. The van der Waals surface area contributed by atoms with Crippen molar-refractivity contribution in [2.24, 2.45) is 17.3 Å². The molecule has 0 amide bonds. The molecule has 0 aliphatic carbocycles. The second-order valence-electron chi connectivity index (χ2n) is 4.70. The first-order valence-corrected chi connectivity index (χ1v) is 5.04. The molecule has 0 aromatic heterocycles. The number of hydrogen-bond donors (Lipinski definition) is 1. The summed E-state index contributed by atoms with van der Waals surface area (Å²) in [5.41, 5.74) is 0.0775. The number of hydrogen-bond acceptors (Lipinski definition) is 1. The first-order chi connectivity index (χ1) is 5.36. The largest absolute Gasteiger partial charge is 0.392 e. The Morgan fingerprint density at radius 2 is 1.58 bits per heavy atom. The molecule has 0 rings (SSSR count). The van der Waals surface area contributed by atoms with Crippen LogP contribution in [0.4, 0.5) is 0 Å². The summed E-state index contributed by atoms with van der Waals surface area (Å²) >= 11 is 0. The van der Waals surface area contributed by atoms with E-state index in [1.165, 1.54) is 0 Å². The van der Waals surface area contributed by atoms with E-state index >= 15 is 0 Å². The maximum absolute atomic E-state index is 10.0. The van der Waals surface area contributed by atoms with Gasteiger partial charge < -0.3 is 5.11 Å². The van der Waals surface area contributed by atoms with Gasteiger partial charge in [-0.1, -0.05) is 41.5 Å². The third-order valence-electron chi connectivity index (χ3n) is 3.39. The van der Waals surface area contributed by atoms with E-state index in [0.29, 0.717) is 11.8 Å². The molecule has 0 saturated heterocycles. The second kappa shape index (κ2) is 4.27. The highest BCUT2D eigenvalue weighted by Gasteiger charge is 2.35. The van der Waals surface area contributed by atoms with Crippen LogP contribution in [0.2, 0.25) is 0 Å². The molecule has 0 bridgehead atoms. The SMILES string of the molecule is CCC(C)(C(C)C)C(O)C(C)C. The normalized spacial score (nSPS) is 19.8. The fourth-order valence-electron chi connectivity index (χ4n) is 1.72. The summed E-state index contributed by atoms with van der Waals surface area (Å²) in [4.78, 5) is 0. The fourth-order valence-corrected chi connectivity index (χ4v) is 1.72. The second-order valence-corrected chi connectivity index (χ2v) is 4.70. The summed E-state index contributed by atoms with van der Waals surface area (Å²) in [7, 11) is 0. The van der Waals surface area contributed by atoms with E-state index in [1.807, 2.05) is 0 Å². The molecule has 0 saturated carbocycles. The molecule has 0 aromatic rings. The summed E-state index contributed by atoms with van der Waals surface area (Å²) < 4.78 is 0. The van der Waals surface area contributed by atoms with Crippen molar-refractivity contribution in [1.29, 1.82) is 0 Å². The van der Waals surface area contributed by atoms with Gasteiger partial charge in [0.2, 0.25) is 0 Å². The number of rotatable bonds is 4. The standard InChI is InChI=1S/C11H24O/c1-7-11(6,9(4)5)10(12)8(2)3/h8-10,12H,7H2,1-6H3. The molecule has 0 spiro atoms. The minimum atomic E-state index is -0.178. The van der Waals surface area contributed by atoms with Gasteiger partial charge in [-0.25, -0.2) is 0 Å². The average Bonchev–Trinajstić information content (AvgIpc) is 2.01. The van der Waals surface area contributed by atoms with Crippen LogP contribution in [0.25, 0.3) is 0 Å². The summed E-state index contributed by atoms with van der Waals surface area (Å²) in [6.45, 7) is 12.9. The molecular formula is C11H24O. The molecule has 0 aromatic carbocycles. The van der Waals surface area contributed by atoms with Crippen LogP contribution in [0.15, 0.2) is 0 Å². The van der Waals surface area contributed by atoms with Gasteiger partial charge in [0.1, 0.15) is 0 Å². The topological polar surface area (TPSA) is 20.2 Å². The molecule has 0 heterocycles. The van der Waals surface area contributed by atoms with Gasteiger partial charge in [-0.2, -0.15) is 0 Å². The third kappa shape index (κ3) is 2.22. The van der Waals surface area contributed by atoms with Crippen LogP contribution in [0, 0.1) is 17.3 Å². The lowest BCUT2D eigenvalue weighted by Crippen LogP contribution is -2.39. The molecule has 1 nitrogen and oxygen atoms in total. The van der Waals surface area contributed by atoms with Crippen LogP contribution >= 0.6 is 0 Å². The Morgan fingerprint density at radius 3 is 1.67 bits per heavy atom. The predicted octanol–water partition coefficient (Wildman–Crippen LogP) is 3.08. The van der Waals surface area contributed by atoms with Crippen molar-refractivity contribution in [2.75, 3.05) is 0 Å². The van der Waals surface area contributed by atoms with Gasteiger partial charge in [-0.15, -0.1) is 0 Å². The maximum atomic E-state index is 10.0. The Bertz CT molecular complexity index is 129. The zero-order valence-corrected chi connectivity index (χ0v) is 9.39. The highest BCUT2D eigenvalue weighted by Crippen LogP contribution is 2.37. The molecule has 1 heteroatoms. The average molecular weight is 172 g/mol. The number of aliphatic hydroxyl groups excluding tert-OH is 1. The minimum absolute atomic E-state index is 0.0775. The lowest BCUT2D eigenvalue weighted by atomic mass is 9.69. The van der Waals surface area contributed by atoms with Gasteiger partial charge in [0, 0.05) is 0 Å². The molecule has 1 N–H and O–H groups in total. The van der Waals surface area contributed by atoms with Crippen LogP contribution < -0.4 is 0 Å². The molecule has 0 aliphatic heterocycles. The Labute approximate surface area is 77.2 Å². The zero-order chi connectivity index (χ0) is 9.94. The van der Waals surface area contributed by atoms with Crippen molar-refractivity contribution in [3.05, 3.63) is 0 Å².